The van der Waals surface area contributed by atoms with Crippen molar-refractivity contribution in [1.29, 1.82) is 10.5 Å². The fourth-order valence-corrected chi connectivity index (χ4v) is 2.24. The molecule has 1 rings (SSSR count). The molecule has 0 N–H and O–H groups in total. The molecule has 1 heterocycles. The van der Waals surface area contributed by atoms with Crippen LogP contribution in [0.4, 0.5) is 4.79 Å². The molecule has 0 unspecified atom stereocenters. The number of carbonyl (C=O) groups excluding carboxylic acids is 2. The van der Waals surface area contributed by atoms with Gasteiger partial charge in [-0.3, -0.25) is 4.79 Å². The Balaban J connectivity index is 2.57. The van der Waals surface area contributed by atoms with E-state index in [0.29, 0.717) is 32.5 Å². The zero-order chi connectivity index (χ0) is 15.0. The second kappa shape index (κ2) is 8.00. The highest BCUT2D eigenvalue weighted by atomic mass is 16.6. The Labute approximate surface area is 118 Å². The highest BCUT2D eigenvalue weighted by Gasteiger charge is 2.29. The van der Waals surface area contributed by atoms with E-state index in [4.69, 9.17) is 15.3 Å². The third-order valence-electron chi connectivity index (χ3n) is 3.22. The lowest BCUT2D eigenvalue weighted by Gasteiger charge is -2.36. The zero-order valence-electron chi connectivity index (χ0n) is 11.5. The molecule has 0 spiro atoms. The van der Waals surface area contributed by atoms with Crippen molar-refractivity contribution in [2.24, 2.45) is 0 Å². The summed E-state index contributed by atoms with van der Waals surface area (Å²) in [6.07, 6.45) is 0.621. The highest BCUT2D eigenvalue weighted by molar-refractivity contribution is 5.78. The Bertz CT molecular complexity index is 430. The minimum absolute atomic E-state index is 0.0232. The predicted molar refractivity (Wildman–Crippen MR) is 69.2 cm³/mol. The van der Waals surface area contributed by atoms with Crippen LogP contribution < -0.4 is 0 Å². The van der Waals surface area contributed by atoms with E-state index < -0.39 is 0 Å². The maximum Gasteiger partial charge on any atom is 0.409 e. The standard InChI is InChI=1S/C13H18N4O3/c1-2-20-13(19)16-8-4-11(5-9-16)17(10-7-15)12(18)3-6-14/h11H,2-5,8-10H2,1H3. The Hall–Kier alpha value is -2.28. The summed E-state index contributed by atoms with van der Waals surface area (Å²) < 4.78 is 4.92. The molecule has 0 bridgehead atoms. The second-order valence-corrected chi connectivity index (χ2v) is 4.43. The average molecular weight is 278 g/mol. The molecular weight excluding hydrogens is 260 g/mol. The first-order valence-electron chi connectivity index (χ1n) is 6.59. The molecule has 0 saturated carbocycles. The molecule has 1 aliphatic rings. The number of nitriles is 2. The minimum Gasteiger partial charge on any atom is -0.450 e. The number of piperidine rings is 1. The van der Waals surface area contributed by atoms with Crippen LogP contribution in [0.1, 0.15) is 26.2 Å². The maximum atomic E-state index is 11.8. The van der Waals surface area contributed by atoms with Crippen LogP contribution in [-0.2, 0) is 9.53 Å². The molecular formula is C13H18N4O3. The number of ether oxygens (including phenoxy) is 1. The van der Waals surface area contributed by atoms with Gasteiger partial charge in [0, 0.05) is 19.1 Å². The lowest BCUT2D eigenvalue weighted by Crippen LogP contribution is -2.49. The number of likely N-dealkylation sites (tertiary alicyclic amines) is 1. The number of carbonyl (C=O) groups is 2. The van der Waals surface area contributed by atoms with E-state index in [1.807, 2.05) is 6.07 Å². The van der Waals surface area contributed by atoms with Crippen molar-refractivity contribution in [2.75, 3.05) is 26.2 Å². The summed E-state index contributed by atoms with van der Waals surface area (Å²) in [6, 6.07) is 3.66. The summed E-state index contributed by atoms with van der Waals surface area (Å²) in [7, 11) is 0. The van der Waals surface area contributed by atoms with Crippen molar-refractivity contribution in [3.63, 3.8) is 0 Å². The lowest BCUT2D eigenvalue weighted by molar-refractivity contribution is -0.132. The smallest absolute Gasteiger partial charge is 0.409 e. The highest BCUT2D eigenvalue weighted by Crippen LogP contribution is 2.18. The molecule has 1 aliphatic heterocycles. The molecule has 1 saturated heterocycles. The van der Waals surface area contributed by atoms with E-state index in [1.54, 1.807) is 17.9 Å². The molecule has 7 heteroatoms. The molecule has 2 amide bonds. The zero-order valence-corrected chi connectivity index (χ0v) is 11.5. The normalized spacial score (nSPS) is 15.1. The van der Waals surface area contributed by atoms with Gasteiger partial charge >= 0.3 is 6.09 Å². The fraction of sp³-hybridized carbons (Fsp3) is 0.692. The van der Waals surface area contributed by atoms with Crippen LogP contribution in [0, 0.1) is 22.7 Å². The predicted octanol–water partition coefficient (Wildman–Crippen LogP) is 0.873. The summed E-state index contributed by atoms with van der Waals surface area (Å²) in [5, 5.41) is 17.4. The number of amides is 2. The summed E-state index contributed by atoms with van der Waals surface area (Å²) in [6.45, 7) is 3.04. The monoisotopic (exact) mass is 278 g/mol. The van der Waals surface area contributed by atoms with Crippen molar-refractivity contribution in [3.05, 3.63) is 0 Å². The molecule has 7 nitrogen and oxygen atoms in total. The van der Waals surface area contributed by atoms with E-state index in [9.17, 15) is 9.59 Å². The Morgan fingerprint density at radius 3 is 2.45 bits per heavy atom. The lowest BCUT2D eigenvalue weighted by atomic mass is 10.0. The topological polar surface area (TPSA) is 97.4 Å². The van der Waals surface area contributed by atoms with E-state index in [-0.39, 0.29) is 31.0 Å². The molecule has 20 heavy (non-hydrogen) atoms. The van der Waals surface area contributed by atoms with Crippen molar-refractivity contribution in [1.82, 2.24) is 9.80 Å². The van der Waals surface area contributed by atoms with Crippen LogP contribution in [0.3, 0.4) is 0 Å². The average Bonchev–Trinajstić information content (AvgIpc) is 2.45. The van der Waals surface area contributed by atoms with Crippen LogP contribution in [0.25, 0.3) is 0 Å². The van der Waals surface area contributed by atoms with Gasteiger partial charge in [0.05, 0.1) is 18.7 Å². The summed E-state index contributed by atoms with van der Waals surface area (Å²) in [5.74, 6) is -0.330. The first kappa shape index (κ1) is 15.8. The number of hydrogen-bond donors (Lipinski definition) is 0. The van der Waals surface area contributed by atoms with Crippen LogP contribution in [0.15, 0.2) is 0 Å². The van der Waals surface area contributed by atoms with Crippen LogP contribution >= 0.6 is 0 Å². The van der Waals surface area contributed by atoms with Crippen molar-refractivity contribution in [3.8, 4) is 12.1 Å². The van der Waals surface area contributed by atoms with E-state index >= 15 is 0 Å². The van der Waals surface area contributed by atoms with Crippen molar-refractivity contribution < 1.29 is 14.3 Å². The van der Waals surface area contributed by atoms with Gasteiger partial charge in [-0.15, -0.1) is 0 Å². The van der Waals surface area contributed by atoms with E-state index in [2.05, 4.69) is 0 Å². The van der Waals surface area contributed by atoms with Gasteiger partial charge in [0.2, 0.25) is 5.91 Å². The first-order chi connectivity index (χ1) is 9.63. The van der Waals surface area contributed by atoms with Crippen LogP contribution in [-0.4, -0.2) is 54.1 Å². The Morgan fingerprint density at radius 2 is 1.95 bits per heavy atom. The maximum absolute atomic E-state index is 11.8. The second-order valence-electron chi connectivity index (χ2n) is 4.43. The fourth-order valence-electron chi connectivity index (χ4n) is 2.24. The number of rotatable bonds is 4. The van der Waals surface area contributed by atoms with E-state index in [1.165, 1.54) is 4.90 Å². The molecule has 1 fully saturated rings. The molecule has 0 atom stereocenters. The largest absolute Gasteiger partial charge is 0.450 e. The molecule has 108 valence electrons. The number of nitrogens with zero attached hydrogens (tertiary/aromatic N) is 4. The molecule has 0 aromatic carbocycles. The molecule has 0 aliphatic carbocycles. The van der Waals surface area contributed by atoms with Crippen molar-refractivity contribution >= 4 is 12.0 Å². The number of hydrogen-bond acceptors (Lipinski definition) is 5. The third kappa shape index (κ3) is 4.13. The molecule has 0 aromatic heterocycles. The van der Waals surface area contributed by atoms with Crippen LogP contribution in [0.5, 0.6) is 0 Å². The quantitative estimate of drug-likeness (QED) is 0.711. The summed E-state index contributed by atoms with van der Waals surface area (Å²) in [4.78, 5) is 26.4. The molecule has 0 radical (unpaired) electrons. The summed E-state index contributed by atoms with van der Waals surface area (Å²) >= 11 is 0. The Morgan fingerprint density at radius 1 is 1.30 bits per heavy atom. The first-order valence-corrected chi connectivity index (χ1v) is 6.59. The van der Waals surface area contributed by atoms with Gasteiger partial charge in [0.25, 0.3) is 0 Å². The summed E-state index contributed by atoms with van der Waals surface area (Å²) in [5.41, 5.74) is 0. The van der Waals surface area contributed by atoms with Gasteiger partial charge < -0.3 is 14.5 Å². The third-order valence-corrected chi connectivity index (χ3v) is 3.22. The van der Waals surface area contributed by atoms with Gasteiger partial charge in [-0.2, -0.15) is 10.5 Å². The van der Waals surface area contributed by atoms with Crippen LogP contribution in [0.2, 0.25) is 0 Å². The SMILES string of the molecule is CCOC(=O)N1CCC(N(CC#N)C(=O)CC#N)CC1. The Kier molecular flexibility index (Phi) is 6.31. The van der Waals surface area contributed by atoms with Gasteiger partial charge in [0.15, 0.2) is 0 Å². The van der Waals surface area contributed by atoms with Gasteiger partial charge in [-0.05, 0) is 19.8 Å². The van der Waals surface area contributed by atoms with Crippen molar-refractivity contribution in [2.45, 2.75) is 32.2 Å². The molecule has 0 aromatic rings. The van der Waals surface area contributed by atoms with Gasteiger partial charge in [-0.1, -0.05) is 0 Å². The van der Waals surface area contributed by atoms with Gasteiger partial charge in [0.1, 0.15) is 13.0 Å². The van der Waals surface area contributed by atoms with E-state index in [0.717, 1.165) is 0 Å². The van der Waals surface area contributed by atoms with Gasteiger partial charge in [-0.25, -0.2) is 4.79 Å². The minimum atomic E-state index is -0.346.